The maximum atomic E-state index is 13.0. The first-order valence-electron chi connectivity index (χ1n) is 10.0. The molecule has 1 aliphatic carbocycles. The first-order valence-corrected chi connectivity index (χ1v) is 11.5. The topological polar surface area (TPSA) is 104 Å². The third kappa shape index (κ3) is 4.76. The predicted octanol–water partition coefficient (Wildman–Crippen LogP) is 3.03. The molecule has 1 saturated carbocycles. The van der Waals surface area contributed by atoms with Gasteiger partial charge in [0, 0.05) is 12.5 Å². The Bertz CT molecular complexity index is 1270. The monoisotopic (exact) mass is 437 g/mol. The van der Waals surface area contributed by atoms with Gasteiger partial charge < -0.3 is 10.6 Å². The predicted molar refractivity (Wildman–Crippen MR) is 119 cm³/mol. The van der Waals surface area contributed by atoms with Gasteiger partial charge >= 0.3 is 0 Å². The van der Waals surface area contributed by atoms with E-state index in [9.17, 15) is 18.0 Å². The maximum Gasteiger partial charge on any atom is 0.253 e. The largest absolute Gasteiger partial charge is 0.348 e. The van der Waals surface area contributed by atoms with Gasteiger partial charge in [0.15, 0.2) is 0 Å². The van der Waals surface area contributed by atoms with E-state index in [0.717, 1.165) is 23.6 Å². The lowest BCUT2D eigenvalue weighted by Gasteiger charge is -2.14. The van der Waals surface area contributed by atoms with E-state index in [-0.39, 0.29) is 29.2 Å². The van der Waals surface area contributed by atoms with Crippen LogP contribution < -0.4 is 15.4 Å². The van der Waals surface area contributed by atoms with Gasteiger partial charge in [-0.25, -0.2) is 13.1 Å². The number of rotatable bonds is 7. The van der Waals surface area contributed by atoms with Crippen molar-refractivity contribution in [3.8, 4) is 0 Å². The minimum atomic E-state index is -3.57. The second kappa shape index (κ2) is 8.49. The Labute approximate surface area is 180 Å². The van der Waals surface area contributed by atoms with Gasteiger partial charge in [-0.3, -0.25) is 9.59 Å². The molecule has 1 aliphatic rings. The molecule has 0 aromatic heterocycles. The highest BCUT2D eigenvalue weighted by molar-refractivity contribution is 7.89. The number of sulfonamides is 1. The summed E-state index contributed by atoms with van der Waals surface area (Å²) in [6.07, 6.45) is 1.74. The van der Waals surface area contributed by atoms with Crippen molar-refractivity contribution < 1.29 is 18.0 Å². The quantitative estimate of drug-likeness (QED) is 0.528. The number of nitrogens with one attached hydrogen (secondary N) is 3. The van der Waals surface area contributed by atoms with E-state index in [0.29, 0.717) is 16.8 Å². The van der Waals surface area contributed by atoms with Crippen molar-refractivity contribution in [3.05, 3.63) is 71.8 Å². The molecule has 7 nitrogen and oxygen atoms in total. The summed E-state index contributed by atoms with van der Waals surface area (Å²) in [6, 6.07) is 17.6. The molecule has 4 rings (SSSR count). The van der Waals surface area contributed by atoms with Gasteiger partial charge in [0.1, 0.15) is 0 Å². The highest BCUT2D eigenvalue weighted by atomic mass is 32.2. The Morgan fingerprint density at radius 2 is 1.68 bits per heavy atom. The Morgan fingerprint density at radius 1 is 0.968 bits per heavy atom. The van der Waals surface area contributed by atoms with E-state index in [4.69, 9.17) is 0 Å². The van der Waals surface area contributed by atoms with Crippen molar-refractivity contribution in [1.82, 2.24) is 10.0 Å². The summed E-state index contributed by atoms with van der Waals surface area (Å²) in [7, 11) is -2.22. The second-order valence-electron chi connectivity index (χ2n) is 7.55. The van der Waals surface area contributed by atoms with Crippen molar-refractivity contribution >= 4 is 38.3 Å². The first-order chi connectivity index (χ1) is 14.9. The lowest BCUT2D eigenvalue weighted by atomic mass is 10.0. The van der Waals surface area contributed by atoms with Crippen LogP contribution in [0.3, 0.4) is 0 Å². The molecule has 0 heterocycles. The summed E-state index contributed by atoms with van der Waals surface area (Å²) in [4.78, 5) is 25.4. The molecule has 2 amide bonds. The zero-order valence-corrected chi connectivity index (χ0v) is 17.8. The summed E-state index contributed by atoms with van der Waals surface area (Å²) in [5.74, 6) is -0.410. The van der Waals surface area contributed by atoms with Crippen molar-refractivity contribution in [2.45, 2.75) is 24.3 Å². The Kier molecular flexibility index (Phi) is 5.75. The van der Waals surface area contributed by atoms with Crippen molar-refractivity contribution in [2.75, 3.05) is 12.4 Å². The normalized spacial score (nSPS) is 13.7. The number of carbonyl (C=O) groups is 2. The van der Waals surface area contributed by atoms with Crippen molar-refractivity contribution in [2.24, 2.45) is 5.92 Å². The fraction of sp³-hybridized carbons (Fsp3) is 0.217. The van der Waals surface area contributed by atoms with Crippen LogP contribution in [-0.2, 0) is 21.4 Å². The first kappa shape index (κ1) is 21.0. The molecule has 0 bridgehead atoms. The third-order valence-electron chi connectivity index (χ3n) is 5.27. The lowest BCUT2D eigenvalue weighted by molar-refractivity contribution is -0.117. The summed E-state index contributed by atoms with van der Waals surface area (Å²) in [5, 5.41) is 7.54. The molecule has 3 N–H and O–H groups in total. The number of anilines is 1. The van der Waals surface area contributed by atoms with Crippen LogP contribution in [0.15, 0.2) is 65.6 Å². The third-order valence-corrected chi connectivity index (χ3v) is 6.68. The number of hydrogen-bond donors (Lipinski definition) is 3. The molecule has 3 aromatic carbocycles. The Morgan fingerprint density at radius 3 is 2.35 bits per heavy atom. The molecule has 0 saturated heterocycles. The summed E-state index contributed by atoms with van der Waals surface area (Å²) in [6.45, 7) is 0.148. The van der Waals surface area contributed by atoms with E-state index in [1.54, 1.807) is 18.2 Å². The molecule has 0 aliphatic heterocycles. The number of carbonyl (C=O) groups excluding carboxylic acids is 2. The van der Waals surface area contributed by atoms with Crippen LogP contribution >= 0.6 is 0 Å². The molecule has 0 radical (unpaired) electrons. The zero-order valence-electron chi connectivity index (χ0n) is 17.0. The average molecular weight is 438 g/mol. The Hall–Kier alpha value is -3.23. The van der Waals surface area contributed by atoms with Crippen LogP contribution in [0.25, 0.3) is 10.8 Å². The molecule has 1 fully saturated rings. The van der Waals surface area contributed by atoms with Crippen LogP contribution in [0, 0.1) is 5.92 Å². The minimum absolute atomic E-state index is 0.0132. The van der Waals surface area contributed by atoms with E-state index >= 15 is 0 Å². The van der Waals surface area contributed by atoms with Gasteiger partial charge in [-0.1, -0.05) is 36.4 Å². The van der Waals surface area contributed by atoms with Gasteiger partial charge in [0.2, 0.25) is 15.9 Å². The van der Waals surface area contributed by atoms with E-state index in [2.05, 4.69) is 15.4 Å². The van der Waals surface area contributed by atoms with Crippen LogP contribution in [0.2, 0.25) is 0 Å². The minimum Gasteiger partial charge on any atom is -0.348 e. The fourth-order valence-corrected chi connectivity index (χ4v) is 4.13. The Balaban J connectivity index is 1.58. The van der Waals surface area contributed by atoms with Crippen molar-refractivity contribution in [1.29, 1.82) is 0 Å². The van der Waals surface area contributed by atoms with Crippen LogP contribution in [0.4, 0.5) is 5.69 Å². The average Bonchev–Trinajstić information content (AvgIpc) is 3.63. The highest BCUT2D eigenvalue weighted by Gasteiger charge is 2.30. The van der Waals surface area contributed by atoms with Gasteiger partial charge in [-0.05, 0) is 60.5 Å². The number of amides is 2. The number of fused-ring (bicyclic) bond motifs is 1. The van der Waals surface area contributed by atoms with Gasteiger partial charge in [0.05, 0.1) is 16.1 Å². The molecule has 3 aromatic rings. The van der Waals surface area contributed by atoms with Crippen LogP contribution in [-0.4, -0.2) is 27.3 Å². The van der Waals surface area contributed by atoms with E-state index in [1.165, 1.54) is 19.2 Å². The maximum absolute atomic E-state index is 13.0. The molecular formula is C23H23N3O4S. The SMILES string of the molecule is CNS(=O)(=O)c1cccc(CNC(=O)c2cc3ccccc3cc2NC(=O)C2CC2)c1. The fourth-order valence-electron chi connectivity index (χ4n) is 3.33. The molecule has 0 unspecified atom stereocenters. The van der Waals surface area contributed by atoms with Crippen LogP contribution in [0.1, 0.15) is 28.8 Å². The number of hydrogen-bond acceptors (Lipinski definition) is 4. The zero-order chi connectivity index (χ0) is 22.0. The summed E-state index contributed by atoms with van der Waals surface area (Å²) < 4.78 is 26.3. The summed E-state index contributed by atoms with van der Waals surface area (Å²) >= 11 is 0. The van der Waals surface area contributed by atoms with Crippen molar-refractivity contribution in [3.63, 3.8) is 0 Å². The molecule has 31 heavy (non-hydrogen) atoms. The standard InChI is InChI=1S/C23H23N3O4S/c1-24-31(29,30)19-8-4-5-15(11-19)14-25-23(28)20-12-17-6-2-3-7-18(17)13-21(20)26-22(27)16-9-10-16/h2-8,11-13,16,24H,9-10,14H2,1H3,(H,25,28)(H,26,27). The molecule has 0 spiro atoms. The van der Waals surface area contributed by atoms with Gasteiger partial charge in [0.25, 0.3) is 5.91 Å². The number of benzene rings is 3. The van der Waals surface area contributed by atoms with Crippen LogP contribution in [0.5, 0.6) is 0 Å². The summed E-state index contributed by atoms with van der Waals surface area (Å²) in [5.41, 5.74) is 1.49. The molecule has 0 atom stereocenters. The smallest absolute Gasteiger partial charge is 0.253 e. The molecule has 160 valence electrons. The second-order valence-corrected chi connectivity index (χ2v) is 9.43. The molecule has 8 heteroatoms. The van der Waals surface area contributed by atoms with E-state index < -0.39 is 10.0 Å². The highest BCUT2D eigenvalue weighted by Crippen LogP contribution is 2.32. The molecular weight excluding hydrogens is 414 g/mol. The van der Waals surface area contributed by atoms with Gasteiger partial charge in [-0.2, -0.15) is 0 Å². The van der Waals surface area contributed by atoms with E-state index in [1.807, 2.05) is 30.3 Å². The van der Waals surface area contributed by atoms with Gasteiger partial charge in [-0.15, -0.1) is 0 Å². The lowest BCUT2D eigenvalue weighted by Crippen LogP contribution is -2.25.